The van der Waals surface area contributed by atoms with Crippen molar-refractivity contribution < 1.29 is 23.2 Å². The molecule has 4 aromatic carbocycles. The van der Waals surface area contributed by atoms with Crippen LogP contribution in [0.15, 0.2) is 89.8 Å². The number of nitrogens with one attached hydrogen (secondary N) is 4. The monoisotopic (exact) mass is 664 g/mol. The molecule has 2 amide bonds. The summed E-state index contributed by atoms with van der Waals surface area (Å²) >= 11 is 12.9. The van der Waals surface area contributed by atoms with Gasteiger partial charge in [-0.05, 0) is 78.4 Å². The molecule has 0 atom stereocenters. The van der Waals surface area contributed by atoms with Crippen molar-refractivity contribution in [1.82, 2.24) is 15.4 Å². The van der Waals surface area contributed by atoms with Crippen LogP contribution in [-0.4, -0.2) is 49.5 Å². The molecule has 1 aromatic heterocycles. The molecule has 230 valence electrons. The van der Waals surface area contributed by atoms with Crippen molar-refractivity contribution >= 4 is 79.2 Å². The van der Waals surface area contributed by atoms with Gasteiger partial charge in [0.15, 0.2) is 0 Å². The molecule has 0 radical (unpaired) electrons. The van der Waals surface area contributed by atoms with Crippen LogP contribution in [0, 0.1) is 0 Å². The Kier molecular flexibility index (Phi) is 9.11. The Balaban J connectivity index is 1.31. The summed E-state index contributed by atoms with van der Waals surface area (Å²) in [4.78, 5) is 34.0. The second kappa shape index (κ2) is 13.0. The fourth-order valence-electron chi connectivity index (χ4n) is 4.32. The summed E-state index contributed by atoms with van der Waals surface area (Å²) < 4.78 is 28.4. The number of hydrogen-bond acceptors (Lipinski definition) is 7. The molecule has 0 spiro atoms. The SMILES string of the molecule is CN(C)c1ccc2nc(-c3cc(NC(=O)c4ccc(S(=O)(=O)Nc5ccc(/C=C/C(=O)NO)cc5)cc4Cl)ccc3Cl)[nH]c2c1. The molecule has 11 nitrogen and oxygen atoms in total. The number of anilines is 3. The van der Waals surface area contributed by atoms with E-state index >= 15 is 0 Å². The lowest BCUT2D eigenvalue weighted by atomic mass is 10.1. The van der Waals surface area contributed by atoms with Crippen LogP contribution in [0.25, 0.3) is 28.5 Å². The van der Waals surface area contributed by atoms with Gasteiger partial charge >= 0.3 is 0 Å². The first-order chi connectivity index (χ1) is 21.4. The van der Waals surface area contributed by atoms with Crippen molar-refractivity contribution in [2.75, 3.05) is 29.0 Å². The molecule has 0 unspecified atom stereocenters. The van der Waals surface area contributed by atoms with E-state index in [1.54, 1.807) is 30.3 Å². The average molecular weight is 666 g/mol. The Morgan fingerprint density at radius 1 is 0.911 bits per heavy atom. The van der Waals surface area contributed by atoms with Crippen molar-refractivity contribution in [3.8, 4) is 11.4 Å². The molecule has 5 rings (SSSR count). The highest BCUT2D eigenvalue weighted by molar-refractivity contribution is 7.92. The molecule has 5 aromatic rings. The number of aromatic nitrogens is 2. The lowest BCUT2D eigenvalue weighted by Crippen LogP contribution is -2.15. The Bertz CT molecular complexity index is 2060. The zero-order valence-corrected chi connectivity index (χ0v) is 26.1. The first kappa shape index (κ1) is 31.5. The van der Waals surface area contributed by atoms with Crippen LogP contribution in [0.4, 0.5) is 17.1 Å². The van der Waals surface area contributed by atoms with Gasteiger partial charge < -0.3 is 15.2 Å². The predicted octanol–water partition coefficient (Wildman–Crippen LogP) is 6.17. The lowest BCUT2D eigenvalue weighted by molar-refractivity contribution is -0.124. The number of hydroxylamine groups is 1. The van der Waals surface area contributed by atoms with Crippen molar-refractivity contribution in [1.29, 1.82) is 0 Å². The number of rotatable bonds is 9. The number of halogens is 2. The molecule has 14 heteroatoms. The van der Waals surface area contributed by atoms with E-state index in [0.717, 1.165) is 22.8 Å². The van der Waals surface area contributed by atoms with E-state index < -0.39 is 21.8 Å². The van der Waals surface area contributed by atoms with Gasteiger partial charge in [-0.15, -0.1) is 0 Å². The molecule has 0 bridgehead atoms. The molecule has 0 saturated carbocycles. The van der Waals surface area contributed by atoms with Gasteiger partial charge in [-0.3, -0.25) is 19.5 Å². The van der Waals surface area contributed by atoms with Crippen LogP contribution < -0.4 is 20.4 Å². The van der Waals surface area contributed by atoms with Crippen molar-refractivity contribution in [3.63, 3.8) is 0 Å². The zero-order chi connectivity index (χ0) is 32.3. The van der Waals surface area contributed by atoms with E-state index in [1.807, 2.05) is 37.2 Å². The minimum Gasteiger partial charge on any atom is -0.378 e. The maximum Gasteiger partial charge on any atom is 0.267 e. The minimum atomic E-state index is -4.05. The van der Waals surface area contributed by atoms with Crippen LogP contribution in [-0.2, 0) is 14.8 Å². The number of aromatic amines is 1. The molecule has 45 heavy (non-hydrogen) atoms. The number of imidazole rings is 1. The van der Waals surface area contributed by atoms with Gasteiger partial charge in [0, 0.05) is 42.8 Å². The third kappa shape index (κ3) is 7.27. The predicted molar refractivity (Wildman–Crippen MR) is 176 cm³/mol. The normalized spacial score (nSPS) is 11.5. The summed E-state index contributed by atoms with van der Waals surface area (Å²) in [5, 5.41) is 11.7. The molecular formula is C31H26Cl2N6O5S. The zero-order valence-electron chi connectivity index (χ0n) is 23.8. The molecule has 1 heterocycles. The maximum atomic E-state index is 13.1. The summed E-state index contributed by atoms with van der Waals surface area (Å²) in [5.41, 5.74) is 6.01. The summed E-state index contributed by atoms with van der Waals surface area (Å²) in [7, 11) is -0.153. The molecule has 5 N–H and O–H groups in total. The molecule has 0 aliphatic rings. The standard InChI is InChI=1S/C31H26Cl2N6O5S/c1-39(2)21-9-13-27-28(16-21)36-30(35-27)24-15-20(8-12-25(24)32)34-31(41)23-11-10-22(17-26(23)33)45(43,44)38-19-6-3-18(4-7-19)5-14-29(40)37-42/h3-17,38,42H,1-2H3,(H,34,41)(H,35,36)(H,37,40)/b14-5+. The van der Waals surface area contributed by atoms with Gasteiger partial charge in [0.05, 0.1) is 31.5 Å². The summed E-state index contributed by atoms with van der Waals surface area (Å²) in [6, 6.07) is 20.8. The van der Waals surface area contributed by atoms with E-state index in [1.165, 1.54) is 41.9 Å². The number of benzene rings is 4. The van der Waals surface area contributed by atoms with Gasteiger partial charge in [-0.1, -0.05) is 35.3 Å². The van der Waals surface area contributed by atoms with Crippen molar-refractivity contribution in [2.45, 2.75) is 4.90 Å². The molecular weight excluding hydrogens is 639 g/mol. The Morgan fingerprint density at radius 2 is 1.64 bits per heavy atom. The highest BCUT2D eigenvalue weighted by Crippen LogP contribution is 2.32. The fourth-order valence-corrected chi connectivity index (χ4v) is 5.94. The molecule has 0 saturated heterocycles. The average Bonchev–Trinajstić information content (AvgIpc) is 3.44. The number of sulfonamides is 1. The van der Waals surface area contributed by atoms with Crippen molar-refractivity contribution in [2.24, 2.45) is 0 Å². The topological polar surface area (TPSA) is 157 Å². The minimum absolute atomic E-state index is 0.0649. The largest absolute Gasteiger partial charge is 0.378 e. The number of fused-ring (bicyclic) bond motifs is 1. The number of hydrogen-bond donors (Lipinski definition) is 5. The fraction of sp³-hybridized carbons (Fsp3) is 0.0645. The third-order valence-electron chi connectivity index (χ3n) is 6.66. The first-order valence-corrected chi connectivity index (χ1v) is 15.5. The molecule has 0 aliphatic heterocycles. The van der Waals surface area contributed by atoms with Crippen LogP contribution in [0.1, 0.15) is 15.9 Å². The van der Waals surface area contributed by atoms with Crippen LogP contribution in [0.5, 0.6) is 0 Å². The Labute approximate surface area is 268 Å². The van der Waals surface area contributed by atoms with E-state index in [-0.39, 0.29) is 21.2 Å². The number of H-pyrrole nitrogens is 1. The second-order valence-corrected chi connectivity index (χ2v) is 12.5. The van der Waals surface area contributed by atoms with E-state index in [2.05, 4.69) is 20.0 Å². The second-order valence-electron chi connectivity index (χ2n) is 10.0. The molecule has 0 aliphatic carbocycles. The van der Waals surface area contributed by atoms with Crippen LogP contribution >= 0.6 is 23.2 Å². The Morgan fingerprint density at radius 3 is 2.33 bits per heavy atom. The quantitative estimate of drug-likeness (QED) is 0.0716. The molecule has 0 fully saturated rings. The van der Waals surface area contributed by atoms with Crippen LogP contribution in [0.3, 0.4) is 0 Å². The lowest BCUT2D eigenvalue weighted by Gasteiger charge is -2.12. The van der Waals surface area contributed by atoms with E-state index in [4.69, 9.17) is 28.4 Å². The van der Waals surface area contributed by atoms with Crippen LogP contribution in [0.2, 0.25) is 10.0 Å². The van der Waals surface area contributed by atoms with Gasteiger partial charge in [0.1, 0.15) is 5.82 Å². The Hall–Kier alpha value is -4.88. The number of carbonyl (C=O) groups is 2. The summed E-state index contributed by atoms with van der Waals surface area (Å²) in [5.74, 6) is -0.723. The number of carbonyl (C=O) groups excluding carboxylic acids is 2. The summed E-state index contributed by atoms with van der Waals surface area (Å²) in [6.45, 7) is 0. The number of nitrogens with zero attached hydrogens (tertiary/aromatic N) is 2. The van der Waals surface area contributed by atoms with E-state index in [9.17, 15) is 18.0 Å². The smallest absolute Gasteiger partial charge is 0.267 e. The maximum absolute atomic E-state index is 13.1. The highest BCUT2D eigenvalue weighted by Gasteiger charge is 2.19. The first-order valence-electron chi connectivity index (χ1n) is 13.3. The van der Waals surface area contributed by atoms with Gasteiger partial charge in [0.25, 0.3) is 21.8 Å². The van der Waals surface area contributed by atoms with Gasteiger partial charge in [0.2, 0.25) is 0 Å². The van der Waals surface area contributed by atoms with Gasteiger partial charge in [-0.2, -0.15) is 0 Å². The van der Waals surface area contributed by atoms with Crippen molar-refractivity contribution in [3.05, 3.63) is 106 Å². The highest BCUT2D eigenvalue weighted by atomic mass is 35.5. The number of amides is 2. The van der Waals surface area contributed by atoms with Gasteiger partial charge in [-0.25, -0.2) is 18.9 Å². The third-order valence-corrected chi connectivity index (χ3v) is 8.68. The van der Waals surface area contributed by atoms with E-state index in [0.29, 0.717) is 27.7 Å². The summed E-state index contributed by atoms with van der Waals surface area (Å²) in [6.07, 6.45) is 2.56.